The standard InChI is InChI=1S/C20H22ClN3O6S/c1-12-4-6-16(24(26)27)9-18(12)22-20(25)15-5-7-17(21)19(8-15)31(28,29)23-10-13(2)30-14(3)11-23/h4-9,13-14H,10-11H2,1-3H3,(H,22,25). The number of nitrogens with zero attached hydrogens (tertiary/aromatic N) is 2. The minimum Gasteiger partial charge on any atom is -0.373 e. The molecule has 0 aliphatic carbocycles. The van der Waals surface area contributed by atoms with Gasteiger partial charge in [-0.05, 0) is 44.5 Å². The number of nitrogens with one attached hydrogen (secondary N) is 1. The summed E-state index contributed by atoms with van der Waals surface area (Å²) in [6.07, 6.45) is -0.554. The number of hydrogen-bond donors (Lipinski definition) is 1. The second kappa shape index (κ2) is 8.91. The number of hydrogen-bond acceptors (Lipinski definition) is 6. The van der Waals surface area contributed by atoms with Crippen molar-refractivity contribution in [1.82, 2.24) is 4.31 Å². The van der Waals surface area contributed by atoms with Gasteiger partial charge < -0.3 is 10.1 Å². The maximum atomic E-state index is 13.2. The number of carbonyl (C=O) groups is 1. The Kier molecular flexibility index (Phi) is 6.65. The minimum atomic E-state index is -3.96. The molecule has 1 aliphatic heterocycles. The molecule has 2 unspecified atom stereocenters. The molecule has 166 valence electrons. The maximum absolute atomic E-state index is 13.2. The highest BCUT2D eigenvalue weighted by Gasteiger charge is 2.34. The molecule has 1 saturated heterocycles. The van der Waals surface area contributed by atoms with Crippen LogP contribution in [0.4, 0.5) is 11.4 Å². The van der Waals surface area contributed by atoms with Crippen molar-refractivity contribution in [2.24, 2.45) is 0 Å². The van der Waals surface area contributed by atoms with Crippen LogP contribution in [0, 0.1) is 17.0 Å². The second-order valence-corrected chi connectivity index (χ2v) is 9.75. The number of nitro benzene ring substituents is 1. The van der Waals surface area contributed by atoms with Crippen LogP contribution in [-0.4, -0.2) is 48.9 Å². The predicted molar refractivity (Wildman–Crippen MR) is 116 cm³/mol. The average Bonchev–Trinajstić information content (AvgIpc) is 2.68. The largest absolute Gasteiger partial charge is 0.373 e. The molecule has 1 amide bonds. The van der Waals surface area contributed by atoms with Crippen LogP contribution in [0.15, 0.2) is 41.3 Å². The van der Waals surface area contributed by atoms with Crippen molar-refractivity contribution in [3.8, 4) is 0 Å². The van der Waals surface area contributed by atoms with Crippen molar-refractivity contribution in [2.45, 2.75) is 37.9 Å². The van der Waals surface area contributed by atoms with Gasteiger partial charge in [0.1, 0.15) is 4.90 Å². The molecule has 2 atom stereocenters. The normalized spacial score (nSPS) is 19.7. The quantitative estimate of drug-likeness (QED) is 0.530. The summed E-state index contributed by atoms with van der Waals surface area (Å²) in [4.78, 5) is 23.0. The molecule has 1 N–H and O–H groups in total. The Morgan fingerprint density at radius 3 is 2.45 bits per heavy atom. The molecule has 0 radical (unpaired) electrons. The van der Waals surface area contributed by atoms with Crippen molar-refractivity contribution in [3.05, 3.63) is 62.7 Å². The van der Waals surface area contributed by atoms with Gasteiger partial charge >= 0.3 is 0 Å². The molecule has 31 heavy (non-hydrogen) atoms. The molecule has 0 saturated carbocycles. The lowest BCUT2D eigenvalue weighted by Gasteiger charge is -2.34. The van der Waals surface area contributed by atoms with Crippen LogP contribution in [-0.2, 0) is 14.8 Å². The lowest BCUT2D eigenvalue weighted by Crippen LogP contribution is -2.48. The van der Waals surface area contributed by atoms with Gasteiger partial charge in [0.2, 0.25) is 10.0 Å². The summed E-state index contributed by atoms with van der Waals surface area (Å²) in [7, 11) is -3.96. The lowest BCUT2D eigenvalue weighted by atomic mass is 10.1. The Morgan fingerprint density at radius 2 is 1.84 bits per heavy atom. The van der Waals surface area contributed by atoms with Crippen LogP contribution < -0.4 is 5.32 Å². The van der Waals surface area contributed by atoms with E-state index in [1.165, 1.54) is 40.7 Å². The molecule has 1 heterocycles. The van der Waals surface area contributed by atoms with E-state index in [0.29, 0.717) is 5.56 Å². The number of carbonyl (C=O) groups excluding carboxylic acids is 1. The van der Waals surface area contributed by atoms with Crippen molar-refractivity contribution >= 4 is 38.9 Å². The number of non-ortho nitro benzene ring substituents is 1. The van der Waals surface area contributed by atoms with Gasteiger partial charge in [-0.1, -0.05) is 17.7 Å². The monoisotopic (exact) mass is 467 g/mol. The van der Waals surface area contributed by atoms with Gasteiger partial charge in [-0.2, -0.15) is 4.31 Å². The molecule has 9 nitrogen and oxygen atoms in total. The molecule has 2 aromatic carbocycles. The molecule has 1 aliphatic rings. The van der Waals surface area contributed by atoms with Gasteiger partial charge in [-0.25, -0.2) is 8.42 Å². The van der Waals surface area contributed by atoms with Gasteiger partial charge in [0, 0.05) is 30.8 Å². The zero-order valence-electron chi connectivity index (χ0n) is 17.2. The number of ether oxygens (including phenoxy) is 1. The fourth-order valence-electron chi connectivity index (χ4n) is 3.36. The highest BCUT2D eigenvalue weighted by Crippen LogP contribution is 2.29. The Labute approximate surface area is 185 Å². The van der Waals surface area contributed by atoms with E-state index in [0.717, 1.165) is 0 Å². The smallest absolute Gasteiger partial charge is 0.271 e. The first-order valence-corrected chi connectivity index (χ1v) is 11.3. The fourth-order valence-corrected chi connectivity index (χ4v) is 5.45. The van der Waals surface area contributed by atoms with E-state index in [1.807, 2.05) is 0 Å². The molecule has 0 bridgehead atoms. The number of morpholine rings is 1. The SMILES string of the molecule is Cc1ccc([N+](=O)[O-])cc1NC(=O)c1ccc(Cl)c(S(=O)(=O)N2CC(C)OC(C)C2)c1. The zero-order valence-corrected chi connectivity index (χ0v) is 18.7. The van der Waals surface area contributed by atoms with Crippen molar-refractivity contribution in [2.75, 3.05) is 18.4 Å². The molecule has 3 rings (SSSR count). The number of sulfonamides is 1. The third kappa shape index (κ3) is 5.04. The fraction of sp³-hybridized carbons (Fsp3) is 0.350. The number of benzene rings is 2. The number of halogens is 1. The lowest BCUT2D eigenvalue weighted by molar-refractivity contribution is -0.384. The van der Waals surface area contributed by atoms with Crippen LogP contribution in [0.5, 0.6) is 0 Å². The molecular weight excluding hydrogens is 446 g/mol. The first kappa shape index (κ1) is 23.1. The Balaban J connectivity index is 1.91. The van der Waals surface area contributed by atoms with Crippen molar-refractivity contribution in [1.29, 1.82) is 0 Å². The number of amides is 1. The number of rotatable bonds is 5. The summed E-state index contributed by atoms with van der Waals surface area (Å²) in [6.45, 7) is 5.60. The summed E-state index contributed by atoms with van der Waals surface area (Å²) >= 11 is 6.17. The van der Waals surface area contributed by atoms with E-state index in [2.05, 4.69) is 5.32 Å². The summed E-state index contributed by atoms with van der Waals surface area (Å²) in [6, 6.07) is 8.06. The first-order chi connectivity index (χ1) is 14.5. The van der Waals surface area contributed by atoms with Crippen LogP contribution in [0.3, 0.4) is 0 Å². The van der Waals surface area contributed by atoms with E-state index in [9.17, 15) is 23.3 Å². The van der Waals surface area contributed by atoms with Crippen LogP contribution in [0.25, 0.3) is 0 Å². The van der Waals surface area contributed by atoms with E-state index >= 15 is 0 Å². The van der Waals surface area contributed by atoms with Gasteiger partial charge in [-0.15, -0.1) is 0 Å². The molecule has 11 heteroatoms. The van der Waals surface area contributed by atoms with Crippen LogP contribution in [0.2, 0.25) is 5.02 Å². The molecule has 1 fully saturated rings. The second-order valence-electron chi connectivity index (χ2n) is 7.43. The van der Waals surface area contributed by atoms with E-state index in [4.69, 9.17) is 16.3 Å². The topological polar surface area (TPSA) is 119 Å². The van der Waals surface area contributed by atoms with Gasteiger partial charge in [-0.3, -0.25) is 14.9 Å². The Bertz CT molecular complexity index is 1130. The predicted octanol–water partition coefficient (Wildman–Crippen LogP) is 3.61. The van der Waals surface area contributed by atoms with Gasteiger partial charge in [0.15, 0.2) is 0 Å². The zero-order chi connectivity index (χ0) is 22.9. The summed E-state index contributed by atoms with van der Waals surface area (Å²) in [5, 5.41) is 13.6. The van der Waals surface area contributed by atoms with Crippen LogP contribution >= 0.6 is 11.6 Å². The minimum absolute atomic E-state index is 0.00474. The molecule has 0 aromatic heterocycles. The van der Waals surface area contributed by atoms with Crippen molar-refractivity contribution in [3.63, 3.8) is 0 Å². The third-order valence-corrected chi connectivity index (χ3v) is 7.19. The van der Waals surface area contributed by atoms with Gasteiger partial charge in [0.25, 0.3) is 11.6 Å². The first-order valence-electron chi connectivity index (χ1n) is 9.50. The molecule has 2 aromatic rings. The van der Waals surface area contributed by atoms with Crippen molar-refractivity contribution < 1.29 is 22.9 Å². The average molecular weight is 468 g/mol. The summed E-state index contributed by atoms with van der Waals surface area (Å²) < 4.78 is 33.3. The number of anilines is 1. The highest BCUT2D eigenvalue weighted by molar-refractivity contribution is 7.89. The summed E-state index contributed by atoms with van der Waals surface area (Å²) in [5.74, 6) is -0.611. The highest BCUT2D eigenvalue weighted by atomic mass is 35.5. The van der Waals surface area contributed by atoms with E-state index in [-0.39, 0.29) is 52.2 Å². The molecule has 0 spiro atoms. The van der Waals surface area contributed by atoms with E-state index < -0.39 is 20.9 Å². The van der Waals surface area contributed by atoms with E-state index in [1.54, 1.807) is 20.8 Å². The van der Waals surface area contributed by atoms with Gasteiger partial charge in [0.05, 0.1) is 27.8 Å². The third-order valence-electron chi connectivity index (χ3n) is 4.88. The van der Waals surface area contributed by atoms with Crippen LogP contribution in [0.1, 0.15) is 29.8 Å². The summed E-state index contributed by atoms with van der Waals surface area (Å²) in [5.41, 5.74) is 0.769. The maximum Gasteiger partial charge on any atom is 0.271 e. The number of aryl methyl sites for hydroxylation is 1. The Morgan fingerprint density at radius 1 is 1.19 bits per heavy atom. The Hall–Kier alpha value is -2.53. The number of nitro groups is 1. The molecular formula is C20H22ClN3O6S.